The predicted octanol–water partition coefficient (Wildman–Crippen LogP) is 2.94. The van der Waals surface area contributed by atoms with Crippen LogP contribution in [0.4, 0.5) is 0 Å². The molecule has 0 bridgehead atoms. The molecular weight excluding hydrogens is 342 g/mol. The van der Waals surface area contributed by atoms with Gasteiger partial charge in [-0.25, -0.2) is 0 Å². The summed E-state index contributed by atoms with van der Waals surface area (Å²) >= 11 is 0. The Hall–Kier alpha value is -2.47. The van der Waals surface area contributed by atoms with Crippen molar-refractivity contribution in [3.05, 3.63) is 54.0 Å². The molecule has 0 amide bonds. The molecule has 1 aliphatic heterocycles. The fraction of sp³-hybridized carbons (Fsp3) is 0.476. The monoisotopic (exact) mass is 371 g/mol. The maximum absolute atomic E-state index is 5.47. The molecule has 1 saturated heterocycles. The Balaban J connectivity index is 1.59. The number of hydrogen-bond donors (Lipinski definition) is 1. The van der Waals surface area contributed by atoms with E-state index in [2.05, 4.69) is 29.4 Å². The van der Waals surface area contributed by atoms with E-state index in [1.807, 2.05) is 24.3 Å². The number of guanidine groups is 1. The Morgan fingerprint density at radius 1 is 1.30 bits per heavy atom. The van der Waals surface area contributed by atoms with E-state index in [0.717, 1.165) is 63.2 Å². The van der Waals surface area contributed by atoms with Gasteiger partial charge in [0.15, 0.2) is 5.96 Å². The van der Waals surface area contributed by atoms with Crippen molar-refractivity contribution in [1.82, 2.24) is 10.2 Å². The van der Waals surface area contributed by atoms with Crippen LogP contribution in [0.1, 0.15) is 17.7 Å². The largest absolute Gasteiger partial charge is 0.497 e. The lowest BCUT2D eigenvalue weighted by atomic mass is 10.1. The molecule has 6 heteroatoms. The standard InChI is InChI=1S/C21H29N3O3/c1-24(15-17-5-7-19(25-2)8-6-17)21(23-14-18-10-13-26-16-18)22-11-9-20-4-3-12-27-20/h3-8,12,18H,9-11,13-16H2,1-2H3,(H,22,23). The minimum Gasteiger partial charge on any atom is -0.497 e. The molecule has 0 radical (unpaired) electrons. The maximum Gasteiger partial charge on any atom is 0.193 e. The van der Waals surface area contributed by atoms with Crippen LogP contribution in [0.5, 0.6) is 5.75 Å². The third-order valence-corrected chi connectivity index (χ3v) is 4.70. The zero-order valence-electron chi connectivity index (χ0n) is 16.2. The van der Waals surface area contributed by atoms with E-state index < -0.39 is 0 Å². The molecule has 0 saturated carbocycles. The molecule has 1 unspecified atom stereocenters. The molecular formula is C21H29N3O3. The Morgan fingerprint density at radius 2 is 2.15 bits per heavy atom. The normalized spacial score (nSPS) is 17.1. The highest BCUT2D eigenvalue weighted by molar-refractivity contribution is 5.79. The lowest BCUT2D eigenvalue weighted by Gasteiger charge is -2.23. The van der Waals surface area contributed by atoms with Gasteiger partial charge in [-0.05, 0) is 36.2 Å². The summed E-state index contributed by atoms with van der Waals surface area (Å²) in [4.78, 5) is 7.00. The Labute approximate surface area is 161 Å². The van der Waals surface area contributed by atoms with E-state index in [9.17, 15) is 0 Å². The molecule has 2 aromatic rings. The van der Waals surface area contributed by atoms with Crippen molar-refractivity contribution >= 4 is 5.96 Å². The summed E-state index contributed by atoms with van der Waals surface area (Å²) in [6.45, 7) is 4.00. The van der Waals surface area contributed by atoms with Crippen LogP contribution in [0.15, 0.2) is 52.1 Å². The Bertz CT molecular complexity index is 692. The first-order chi connectivity index (χ1) is 13.2. The van der Waals surface area contributed by atoms with E-state index in [1.54, 1.807) is 13.4 Å². The molecule has 0 spiro atoms. The second kappa shape index (κ2) is 10.0. The lowest BCUT2D eigenvalue weighted by Crippen LogP contribution is -2.40. The van der Waals surface area contributed by atoms with Gasteiger partial charge in [0.1, 0.15) is 11.5 Å². The van der Waals surface area contributed by atoms with E-state index in [4.69, 9.17) is 18.9 Å². The van der Waals surface area contributed by atoms with Gasteiger partial charge < -0.3 is 24.1 Å². The number of hydrogen-bond acceptors (Lipinski definition) is 4. The third kappa shape index (κ3) is 6.03. The minimum atomic E-state index is 0.515. The molecule has 2 heterocycles. The highest BCUT2D eigenvalue weighted by Gasteiger charge is 2.16. The molecule has 1 aromatic carbocycles. The van der Waals surface area contributed by atoms with Crippen molar-refractivity contribution < 1.29 is 13.9 Å². The Morgan fingerprint density at radius 3 is 2.81 bits per heavy atom. The number of methoxy groups -OCH3 is 1. The summed E-state index contributed by atoms with van der Waals surface area (Å²) in [5.74, 6) is 3.27. The fourth-order valence-corrected chi connectivity index (χ4v) is 3.09. The van der Waals surface area contributed by atoms with Crippen LogP contribution in [0.3, 0.4) is 0 Å². The fourth-order valence-electron chi connectivity index (χ4n) is 3.09. The average molecular weight is 371 g/mol. The van der Waals surface area contributed by atoms with Gasteiger partial charge in [0.05, 0.1) is 20.0 Å². The van der Waals surface area contributed by atoms with Crippen molar-refractivity contribution in [1.29, 1.82) is 0 Å². The van der Waals surface area contributed by atoms with Crippen LogP contribution in [0.25, 0.3) is 0 Å². The van der Waals surface area contributed by atoms with E-state index in [-0.39, 0.29) is 0 Å². The van der Waals surface area contributed by atoms with Gasteiger partial charge in [-0.15, -0.1) is 0 Å². The summed E-state index contributed by atoms with van der Waals surface area (Å²) in [5.41, 5.74) is 1.21. The van der Waals surface area contributed by atoms with Gasteiger partial charge in [0.2, 0.25) is 0 Å². The number of benzene rings is 1. The van der Waals surface area contributed by atoms with Crippen molar-refractivity contribution in [2.45, 2.75) is 19.4 Å². The summed E-state index contributed by atoms with van der Waals surface area (Å²) in [5, 5.41) is 3.47. The zero-order valence-corrected chi connectivity index (χ0v) is 16.2. The number of nitrogens with zero attached hydrogens (tertiary/aromatic N) is 2. The first-order valence-electron chi connectivity index (χ1n) is 9.47. The SMILES string of the molecule is COc1ccc(CN(C)C(=NCC2CCOC2)NCCc2ccco2)cc1. The third-order valence-electron chi connectivity index (χ3n) is 4.70. The number of nitrogens with one attached hydrogen (secondary N) is 1. The molecule has 146 valence electrons. The van der Waals surface area contributed by atoms with Gasteiger partial charge in [-0.2, -0.15) is 0 Å². The topological polar surface area (TPSA) is 59.2 Å². The van der Waals surface area contributed by atoms with E-state index in [1.165, 1.54) is 5.56 Å². The molecule has 1 atom stereocenters. The molecule has 0 aliphatic carbocycles. The Kier molecular flexibility index (Phi) is 7.16. The van der Waals surface area contributed by atoms with Gasteiger partial charge in [0, 0.05) is 45.6 Å². The van der Waals surface area contributed by atoms with Crippen LogP contribution >= 0.6 is 0 Å². The van der Waals surface area contributed by atoms with Crippen LogP contribution < -0.4 is 10.1 Å². The summed E-state index contributed by atoms with van der Waals surface area (Å²) in [6, 6.07) is 12.1. The molecule has 1 fully saturated rings. The quantitative estimate of drug-likeness (QED) is 0.571. The number of furan rings is 1. The zero-order chi connectivity index (χ0) is 18.9. The van der Waals surface area contributed by atoms with Crippen molar-refractivity contribution in [2.24, 2.45) is 10.9 Å². The van der Waals surface area contributed by atoms with Gasteiger partial charge in [0.25, 0.3) is 0 Å². The van der Waals surface area contributed by atoms with Crippen molar-refractivity contribution in [2.75, 3.05) is 40.5 Å². The van der Waals surface area contributed by atoms with E-state index >= 15 is 0 Å². The van der Waals surface area contributed by atoms with Crippen molar-refractivity contribution in [3.8, 4) is 5.75 Å². The van der Waals surface area contributed by atoms with Crippen LogP contribution in [-0.2, 0) is 17.7 Å². The van der Waals surface area contributed by atoms with Crippen LogP contribution in [-0.4, -0.2) is 51.3 Å². The average Bonchev–Trinajstić information content (AvgIpc) is 3.39. The van der Waals surface area contributed by atoms with Gasteiger partial charge in [-0.1, -0.05) is 12.1 Å². The predicted molar refractivity (Wildman–Crippen MR) is 106 cm³/mol. The summed E-state index contributed by atoms with van der Waals surface area (Å²) in [7, 11) is 3.75. The smallest absolute Gasteiger partial charge is 0.193 e. The second-order valence-corrected chi connectivity index (χ2v) is 6.85. The molecule has 1 aromatic heterocycles. The van der Waals surface area contributed by atoms with Crippen molar-refractivity contribution in [3.63, 3.8) is 0 Å². The van der Waals surface area contributed by atoms with E-state index in [0.29, 0.717) is 5.92 Å². The van der Waals surface area contributed by atoms with Crippen LogP contribution in [0, 0.1) is 5.92 Å². The lowest BCUT2D eigenvalue weighted by molar-refractivity contribution is 0.187. The first-order valence-corrected chi connectivity index (χ1v) is 9.47. The molecule has 3 rings (SSSR count). The second-order valence-electron chi connectivity index (χ2n) is 6.85. The molecule has 1 aliphatic rings. The first kappa shape index (κ1) is 19.3. The number of aliphatic imine (C=N–C) groups is 1. The number of ether oxygens (including phenoxy) is 2. The molecule has 27 heavy (non-hydrogen) atoms. The van der Waals surface area contributed by atoms with Gasteiger partial charge in [-0.3, -0.25) is 4.99 Å². The maximum atomic E-state index is 5.47. The molecule has 1 N–H and O–H groups in total. The van der Waals surface area contributed by atoms with Crippen LogP contribution in [0.2, 0.25) is 0 Å². The summed E-state index contributed by atoms with van der Waals surface area (Å²) in [6.07, 6.45) is 3.63. The van der Waals surface area contributed by atoms with Gasteiger partial charge >= 0.3 is 0 Å². The summed E-state index contributed by atoms with van der Waals surface area (Å²) < 4.78 is 16.1. The highest BCUT2D eigenvalue weighted by Crippen LogP contribution is 2.14. The molecule has 6 nitrogen and oxygen atoms in total. The number of rotatable bonds is 8. The highest BCUT2D eigenvalue weighted by atomic mass is 16.5. The minimum absolute atomic E-state index is 0.515.